The van der Waals surface area contributed by atoms with Gasteiger partial charge >= 0.3 is 0 Å². The van der Waals surface area contributed by atoms with E-state index in [-0.39, 0.29) is 11.6 Å². The Morgan fingerprint density at radius 1 is 1.27 bits per heavy atom. The number of benzene rings is 2. The molecule has 0 saturated heterocycles. The highest BCUT2D eigenvalue weighted by Crippen LogP contribution is 2.22. The number of aryl methyl sites for hydroxylation is 1. The second-order valence-electron chi connectivity index (χ2n) is 4.67. The molecule has 0 atom stereocenters. The highest BCUT2D eigenvalue weighted by Gasteiger charge is 2.12. The van der Waals surface area contributed by atoms with Gasteiger partial charge in [0.15, 0.2) is 0 Å². The third-order valence-corrected chi connectivity index (χ3v) is 3.06. The molecule has 0 saturated carbocycles. The number of nitrogens with zero attached hydrogens (tertiary/aromatic N) is 1. The van der Waals surface area contributed by atoms with Gasteiger partial charge in [-0.25, -0.2) is 0 Å². The van der Waals surface area contributed by atoms with Gasteiger partial charge in [0, 0.05) is 22.9 Å². The fourth-order valence-corrected chi connectivity index (χ4v) is 2.04. The number of nitrogens with one attached hydrogen (secondary N) is 1. The molecule has 0 bridgehead atoms. The van der Waals surface area contributed by atoms with Crippen LogP contribution in [0.1, 0.15) is 22.8 Å². The summed E-state index contributed by atoms with van der Waals surface area (Å²) in [7, 11) is 0. The van der Waals surface area contributed by atoms with E-state index in [9.17, 15) is 14.9 Å². The zero-order valence-corrected chi connectivity index (χ0v) is 12.3. The summed E-state index contributed by atoms with van der Waals surface area (Å²) in [6.45, 7) is 4.02. The van der Waals surface area contributed by atoms with E-state index in [0.29, 0.717) is 29.2 Å². The summed E-state index contributed by atoms with van der Waals surface area (Å²) in [5.41, 5.74) is 1.49. The van der Waals surface area contributed by atoms with Crippen LogP contribution in [0.2, 0.25) is 0 Å². The minimum atomic E-state index is -0.452. The fraction of sp³-hybridized carbons (Fsp3) is 0.188. The zero-order chi connectivity index (χ0) is 16.1. The van der Waals surface area contributed by atoms with Gasteiger partial charge in [0.05, 0.1) is 11.5 Å². The Hall–Kier alpha value is -2.89. The van der Waals surface area contributed by atoms with Crippen molar-refractivity contribution in [1.29, 1.82) is 0 Å². The average molecular weight is 300 g/mol. The first kappa shape index (κ1) is 15.5. The Kier molecular flexibility index (Phi) is 4.73. The van der Waals surface area contributed by atoms with E-state index >= 15 is 0 Å². The first-order valence-electron chi connectivity index (χ1n) is 6.80. The molecule has 0 heterocycles. The Balaban J connectivity index is 2.16. The maximum atomic E-state index is 12.2. The van der Waals surface area contributed by atoms with Gasteiger partial charge in [-0.3, -0.25) is 14.9 Å². The summed E-state index contributed by atoms with van der Waals surface area (Å²) in [5, 5.41) is 13.5. The van der Waals surface area contributed by atoms with Gasteiger partial charge in [0.1, 0.15) is 5.75 Å². The molecule has 0 unspecified atom stereocenters. The van der Waals surface area contributed by atoms with Crippen molar-refractivity contribution in [1.82, 2.24) is 0 Å². The van der Waals surface area contributed by atoms with Crippen LogP contribution in [0.3, 0.4) is 0 Å². The Labute approximate surface area is 127 Å². The molecule has 0 fully saturated rings. The van der Waals surface area contributed by atoms with Crippen LogP contribution in [-0.2, 0) is 0 Å². The van der Waals surface area contributed by atoms with Crippen LogP contribution < -0.4 is 10.1 Å². The highest BCUT2D eigenvalue weighted by atomic mass is 16.6. The zero-order valence-electron chi connectivity index (χ0n) is 12.3. The van der Waals surface area contributed by atoms with Gasteiger partial charge in [0.2, 0.25) is 0 Å². The maximum absolute atomic E-state index is 12.2. The number of hydrogen-bond donors (Lipinski definition) is 1. The van der Waals surface area contributed by atoms with Crippen LogP contribution in [-0.4, -0.2) is 17.4 Å². The highest BCUT2D eigenvalue weighted by molar-refractivity contribution is 6.04. The monoisotopic (exact) mass is 300 g/mol. The Bertz CT molecular complexity index is 713. The van der Waals surface area contributed by atoms with Crippen molar-refractivity contribution in [3.8, 4) is 5.75 Å². The molecule has 0 spiro atoms. The standard InChI is InChI=1S/C16H16N2O4/c1-3-22-14-6-4-5-12(10-14)16(19)17-13-7-8-15(18(20)21)11(2)9-13/h4-10H,3H2,1-2H3,(H,17,19). The quantitative estimate of drug-likeness (QED) is 0.676. The molecule has 6 heteroatoms. The molecular weight excluding hydrogens is 284 g/mol. The molecule has 0 aliphatic carbocycles. The number of carbonyl (C=O) groups excluding carboxylic acids is 1. The van der Waals surface area contributed by atoms with Gasteiger partial charge in [-0.1, -0.05) is 6.07 Å². The second kappa shape index (κ2) is 6.71. The van der Waals surface area contributed by atoms with Gasteiger partial charge in [0.25, 0.3) is 11.6 Å². The predicted octanol–water partition coefficient (Wildman–Crippen LogP) is 3.55. The molecular formula is C16H16N2O4. The molecule has 1 N–H and O–H groups in total. The lowest BCUT2D eigenvalue weighted by atomic mass is 10.1. The minimum absolute atomic E-state index is 0.0244. The van der Waals surface area contributed by atoms with Crippen molar-refractivity contribution in [3.63, 3.8) is 0 Å². The third-order valence-electron chi connectivity index (χ3n) is 3.06. The largest absolute Gasteiger partial charge is 0.494 e. The fourth-order valence-electron chi connectivity index (χ4n) is 2.04. The lowest BCUT2D eigenvalue weighted by molar-refractivity contribution is -0.385. The van der Waals surface area contributed by atoms with Gasteiger partial charge in [-0.05, 0) is 44.2 Å². The minimum Gasteiger partial charge on any atom is -0.494 e. The van der Waals surface area contributed by atoms with Crippen LogP contribution in [0.15, 0.2) is 42.5 Å². The first-order chi connectivity index (χ1) is 10.5. The van der Waals surface area contributed by atoms with E-state index in [1.54, 1.807) is 37.3 Å². The van der Waals surface area contributed by atoms with Crippen molar-refractivity contribution in [2.24, 2.45) is 0 Å². The molecule has 2 aromatic carbocycles. The molecule has 6 nitrogen and oxygen atoms in total. The second-order valence-corrected chi connectivity index (χ2v) is 4.67. The first-order valence-corrected chi connectivity index (χ1v) is 6.80. The summed E-state index contributed by atoms with van der Waals surface area (Å²) in [5.74, 6) is 0.324. The smallest absolute Gasteiger partial charge is 0.272 e. The van der Waals surface area contributed by atoms with E-state index in [2.05, 4.69) is 5.32 Å². The topological polar surface area (TPSA) is 81.5 Å². The van der Waals surface area contributed by atoms with Crippen LogP contribution in [0, 0.1) is 17.0 Å². The molecule has 1 amide bonds. The molecule has 0 aliphatic rings. The third kappa shape index (κ3) is 3.60. The van der Waals surface area contributed by atoms with E-state index in [0.717, 1.165) is 0 Å². The Morgan fingerprint density at radius 2 is 2.05 bits per heavy atom. The molecule has 0 radical (unpaired) electrons. The van der Waals surface area contributed by atoms with Crippen molar-refractivity contribution in [2.75, 3.05) is 11.9 Å². The molecule has 0 aliphatic heterocycles. The summed E-state index contributed by atoms with van der Waals surface area (Å²) in [4.78, 5) is 22.5. The van der Waals surface area contributed by atoms with Crippen molar-refractivity contribution in [3.05, 3.63) is 63.7 Å². The predicted molar refractivity (Wildman–Crippen MR) is 83.4 cm³/mol. The Morgan fingerprint density at radius 3 is 2.68 bits per heavy atom. The van der Waals surface area contributed by atoms with Gasteiger partial charge in [-0.15, -0.1) is 0 Å². The van der Waals surface area contributed by atoms with Gasteiger partial charge in [-0.2, -0.15) is 0 Å². The SMILES string of the molecule is CCOc1cccc(C(=O)Nc2ccc([N+](=O)[O-])c(C)c2)c1. The molecule has 2 aromatic rings. The molecule has 0 aromatic heterocycles. The van der Waals surface area contributed by atoms with Crippen LogP contribution in [0.25, 0.3) is 0 Å². The summed E-state index contributed by atoms with van der Waals surface area (Å²) in [6, 6.07) is 11.3. The molecule has 114 valence electrons. The van der Waals surface area contributed by atoms with E-state index in [4.69, 9.17) is 4.74 Å². The van der Waals surface area contributed by atoms with Crippen molar-refractivity contribution >= 4 is 17.3 Å². The van der Waals surface area contributed by atoms with Crippen LogP contribution >= 0.6 is 0 Å². The van der Waals surface area contributed by atoms with Gasteiger partial charge < -0.3 is 10.1 Å². The number of carbonyl (C=O) groups is 1. The lowest BCUT2D eigenvalue weighted by Gasteiger charge is -2.08. The van der Waals surface area contributed by atoms with Crippen molar-refractivity contribution < 1.29 is 14.5 Å². The van der Waals surface area contributed by atoms with E-state index in [1.807, 2.05) is 6.92 Å². The summed E-state index contributed by atoms with van der Waals surface area (Å²) < 4.78 is 5.35. The lowest BCUT2D eigenvalue weighted by Crippen LogP contribution is -2.12. The number of nitro groups is 1. The number of anilines is 1. The number of hydrogen-bond acceptors (Lipinski definition) is 4. The van der Waals surface area contributed by atoms with E-state index in [1.165, 1.54) is 12.1 Å². The number of ether oxygens (including phenoxy) is 1. The number of rotatable bonds is 5. The summed E-state index contributed by atoms with van der Waals surface area (Å²) in [6.07, 6.45) is 0. The summed E-state index contributed by atoms with van der Waals surface area (Å²) >= 11 is 0. The number of amides is 1. The van der Waals surface area contributed by atoms with Crippen LogP contribution in [0.5, 0.6) is 5.75 Å². The van der Waals surface area contributed by atoms with E-state index < -0.39 is 4.92 Å². The maximum Gasteiger partial charge on any atom is 0.272 e. The van der Waals surface area contributed by atoms with Crippen LogP contribution in [0.4, 0.5) is 11.4 Å². The molecule has 2 rings (SSSR count). The normalized spacial score (nSPS) is 10.1. The number of nitro benzene ring substituents is 1. The molecule has 22 heavy (non-hydrogen) atoms. The average Bonchev–Trinajstić information content (AvgIpc) is 2.47. The van der Waals surface area contributed by atoms with Crippen molar-refractivity contribution in [2.45, 2.75) is 13.8 Å².